The van der Waals surface area contributed by atoms with Crippen LogP contribution in [0.5, 0.6) is 11.6 Å². The summed E-state index contributed by atoms with van der Waals surface area (Å²) >= 11 is 11.9. The van der Waals surface area contributed by atoms with Crippen molar-refractivity contribution in [3.05, 3.63) is 39.5 Å². The second-order valence-electron chi connectivity index (χ2n) is 4.32. The summed E-state index contributed by atoms with van der Waals surface area (Å²) in [6, 6.07) is 4.89. The quantitative estimate of drug-likeness (QED) is 0.931. The second kappa shape index (κ2) is 6.24. The number of halogens is 2. The number of benzene rings is 1. The van der Waals surface area contributed by atoms with Gasteiger partial charge in [-0.25, -0.2) is 9.48 Å². The molecule has 2 aromatic rings. The van der Waals surface area contributed by atoms with E-state index in [1.165, 1.54) is 4.68 Å². The van der Waals surface area contributed by atoms with Gasteiger partial charge in [0.1, 0.15) is 18.1 Å². The third kappa shape index (κ3) is 3.80. The number of ether oxygens (including phenoxy) is 2. The molecule has 0 aliphatic carbocycles. The number of nitrogens with two attached hydrogens (primary N) is 1. The highest BCUT2D eigenvalue weighted by Gasteiger charge is 2.16. The molecule has 6 nitrogen and oxygen atoms in total. The predicted molar refractivity (Wildman–Crippen MR) is 78.9 cm³/mol. The van der Waals surface area contributed by atoms with Crippen LogP contribution >= 0.6 is 23.2 Å². The average Bonchev–Trinajstić information content (AvgIpc) is 2.63. The number of carbonyl (C=O) groups excluding carboxylic acids is 1. The van der Waals surface area contributed by atoms with Crippen LogP contribution in [0.25, 0.3) is 0 Å². The molecule has 0 saturated heterocycles. The number of rotatable bonds is 4. The summed E-state index contributed by atoms with van der Waals surface area (Å²) in [6.45, 7) is 1.78. The molecule has 2 N–H and O–H groups in total. The highest BCUT2D eigenvalue weighted by Crippen LogP contribution is 2.31. The molecule has 0 aliphatic rings. The highest BCUT2D eigenvalue weighted by molar-refractivity contribution is 6.34. The zero-order chi connectivity index (χ0) is 15.6. The van der Waals surface area contributed by atoms with Gasteiger partial charge in [0.15, 0.2) is 0 Å². The largest absolute Gasteiger partial charge is 0.443 e. The SMILES string of the molecule is Cc1c(COC(N)=O)nn(C)c1Oc1cc(Cl)cc(Cl)c1. The first-order chi connectivity index (χ1) is 9.86. The van der Waals surface area contributed by atoms with Gasteiger partial charge in [0, 0.05) is 22.7 Å². The number of nitrogens with zero attached hydrogens (tertiary/aromatic N) is 2. The topological polar surface area (TPSA) is 79.4 Å². The van der Waals surface area contributed by atoms with Gasteiger partial charge in [-0.2, -0.15) is 5.10 Å². The van der Waals surface area contributed by atoms with Crippen LogP contribution in [0, 0.1) is 6.92 Å². The van der Waals surface area contributed by atoms with Gasteiger partial charge >= 0.3 is 6.09 Å². The average molecular weight is 330 g/mol. The molecule has 1 amide bonds. The molecule has 0 atom stereocenters. The van der Waals surface area contributed by atoms with Crippen molar-refractivity contribution < 1.29 is 14.3 Å². The van der Waals surface area contributed by atoms with Crippen molar-refractivity contribution in [2.45, 2.75) is 13.5 Å². The smallest absolute Gasteiger partial charge is 0.404 e. The van der Waals surface area contributed by atoms with E-state index in [1.807, 2.05) is 0 Å². The summed E-state index contributed by atoms with van der Waals surface area (Å²) in [6.07, 6.45) is -0.857. The molecular formula is C13H13Cl2N3O3. The van der Waals surface area contributed by atoms with Crippen LogP contribution in [0.3, 0.4) is 0 Å². The van der Waals surface area contributed by atoms with Crippen LogP contribution in [0.1, 0.15) is 11.3 Å². The van der Waals surface area contributed by atoms with Crippen LogP contribution in [0.4, 0.5) is 4.79 Å². The monoisotopic (exact) mass is 329 g/mol. The molecule has 0 saturated carbocycles. The minimum atomic E-state index is -0.857. The minimum absolute atomic E-state index is 0.0192. The Kier molecular flexibility index (Phi) is 4.59. The Morgan fingerprint density at radius 1 is 1.33 bits per heavy atom. The van der Waals surface area contributed by atoms with Crippen LogP contribution in [0.2, 0.25) is 10.0 Å². The molecule has 0 unspecified atom stereocenters. The van der Waals surface area contributed by atoms with Gasteiger partial charge in [-0.1, -0.05) is 23.2 Å². The number of carbonyl (C=O) groups is 1. The van der Waals surface area contributed by atoms with Crippen molar-refractivity contribution in [3.63, 3.8) is 0 Å². The number of primary amides is 1. The maximum Gasteiger partial charge on any atom is 0.404 e. The summed E-state index contributed by atoms with van der Waals surface area (Å²) in [5.41, 5.74) is 6.22. The molecule has 0 radical (unpaired) electrons. The molecule has 0 spiro atoms. The lowest BCUT2D eigenvalue weighted by molar-refractivity contribution is 0.148. The molecule has 1 aromatic heterocycles. The zero-order valence-corrected chi connectivity index (χ0v) is 12.9. The van der Waals surface area contributed by atoms with E-state index in [2.05, 4.69) is 5.10 Å². The van der Waals surface area contributed by atoms with Crippen molar-refractivity contribution in [1.29, 1.82) is 0 Å². The summed E-state index contributed by atoms with van der Waals surface area (Å²) < 4.78 is 12.0. The van der Waals surface area contributed by atoms with Crippen LogP contribution in [-0.2, 0) is 18.4 Å². The molecular weight excluding hydrogens is 317 g/mol. The van der Waals surface area contributed by atoms with E-state index in [-0.39, 0.29) is 6.61 Å². The Hall–Kier alpha value is -1.92. The fraction of sp³-hybridized carbons (Fsp3) is 0.231. The van der Waals surface area contributed by atoms with E-state index in [0.29, 0.717) is 27.4 Å². The lowest BCUT2D eigenvalue weighted by Gasteiger charge is -2.07. The summed E-state index contributed by atoms with van der Waals surface area (Å²) in [4.78, 5) is 10.6. The van der Waals surface area contributed by atoms with Gasteiger partial charge in [-0.05, 0) is 25.1 Å². The first-order valence-electron chi connectivity index (χ1n) is 5.95. The van der Waals surface area contributed by atoms with Crippen molar-refractivity contribution in [1.82, 2.24) is 9.78 Å². The normalized spacial score (nSPS) is 10.5. The Bertz CT molecular complexity index is 665. The molecule has 1 aromatic carbocycles. The minimum Gasteiger partial charge on any atom is -0.443 e. The fourth-order valence-corrected chi connectivity index (χ4v) is 2.29. The maximum absolute atomic E-state index is 10.6. The molecule has 0 aliphatic heterocycles. The predicted octanol–water partition coefficient (Wildman–Crippen LogP) is 3.42. The number of amides is 1. The number of aryl methyl sites for hydroxylation is 1. The molecule has 2 rings (SSSR count). The number of aromatic nitrogens is 2. The van der Waals surface area contributed by atoms with Gasteiger partial charge in [0.25, 0.3) is 0 Å². The Morgan fingerprint density at radius 2 is 1.95 bits per heavy atom. The first kappa shape index (κ1) is 15.5. The number of hydrogen-bond acceptors (Lipinski definition) is 4. The van der Waals surface area contributed by atoms with E-state index in [9.17, 15) is 4.79 Å². The highest BCUT2D eigenvalue weighted by atomic mass is 35.5. The molecule has 0 bridgehead atoms. The third-order valence-corrected chi connectivity index (χ3v) is 3.16. The fourth-order valence-electron chi connectivity index (χ4n) is 1.79. The maximum atomic E-state index is 10.6. The van der Waals surface area contributed by atoms with Gasteiger partial charge in [-0.15, -0.1) is 0 Å². The van der Waals surface area contributed by atoms with Crippen molar-refractivity contribution >= 4 is 29.3 Å². The molecule has 21 heavy (non-hydrogen) atoms. The van der Waals surface area contributed by atoms with E-state index < -0.39 is 6.09 Å². The van der Waals surface area contributed by atoms with Gasteiger partial charge < -0.3 is 15.2 Å². The molecule has 112 valence electrons. The summed E-state index contributed by atoms with van der Waals surface area (Å²) in [7, 11) is 1.71. The van der Waals surface area contributed by atoms with Crippen LogP contribution < -0.4 is 10.5 Å². The van der Waals surface area contributed by atoms with Crippen molar-refractivity contribution in [3.8, 4) is 11.6 Å². The molecule has 0 fully saturated rings. The zero-order valence-electron chi connectivity index (χ0n) is 11.4. The standard InChI is InChI=1S/C13H13Cl2N3O3/c1-7-11(6-20-13(16)19)17-18(2)12(7)21-10-4-8(14)3-9(15)5-10/h3-5H,6H2,1-2H3,(H2,16,19). The van der Waals surface area contributed by atoms with Gasteiger partial charge in [0.2, 0.25) is 5.88 Å². The Morgan fingerprint density at radius 3 is 2.52 bits per heavy atom. The van der Waals surface area contributed by atoms with E-state index >= 15 is 0 Å². The summed E-state index contributed by atoms with van der Waals surface area (Å²) in [5.74, 6) is 0.984. The van der Waals surface area contributed by atoms with Crippen LogP contribution in [-0.4, -0.2) is 15.9 Å². The van der Waals surface area contributed by atoms with Crippen LogP contribution in [0.15, 0.2) is 18.2 Å². The lowest BCUT2D eigenvalue weighted by Crippen LogP contribution is -2.13. The van der Waals surface area contributed by atoms with E-state index in [0.717, 1.165) is 5.56 Å². The Balaban J connectivity index is 2.25. The first-order valence-corrected chi connectivity index (χ1v) is 6.71. The third-order valence-electron chi connectivity index (χ3n) is 2.72. The van der Waals surface area contributed by atoms with Crippen molar-refractivity contribution in [2.75, 3.05) is 0 Å². The van der Waals surface area contributed by atoms with Gasteiger partial charge in [0.05, 0.1) is 0 Å². The lowest BCUT2D eigenvalue weighted by atomic mass is 10.3. The van der Waals surface area contributed by atoms with Crippen molar-refractivity contribution in [2.24, 2.45) is 12.8 Å². The molecule has 8 heteroatoms. The Labute approximate surface area is 131 Å². The van der Waals surface area contributed by atoms with E-state index in [4.69, 9.17) is 38.4 Å². The molecule has 1 heterocycles. The van der Waals surface area contributed by atoms with E-state index in [1.54, 1.807) is 32.2 Å². The second-order valence-corrected chi connectivity index (χ2v) is 5.19. The number of hydrogen-bond donors (Lipinski definition) is 1. The summed E-state index contributed by atoms with van der Waals surface area (Å²) in [5, 5.41) is 5.15. The van der Waals surface area contributed by atoms with Gasteiger partial charge in [-0.3, -0.25) is 0 Å².